The quantitative estimate of drug-likeness (QED) is 0.859. The molecule has 0 aromatic heterocycles. The van der Waals surface area contributed by atoms with Crippen LogP contribution in [0.3, 0.4) is 0 Å². The SMILES string of the molecule is CC(N)C(OC(C(F)(F)F)C(F)(F)F)c1ccccc1F. The van der Waals surface area contributed by atoms with Crippen molar-refractivity contribution in [3.8, 4) is 0 Å². The smallest absolute Gasteiger partial charge is 0.351 e. The molecular weight excluding hydrogens is 307 g/mol. The highest BCUT2D eigenvalue weighted by atomic mass is 19.4. The molecule has 0 aliphatic rings. The van der Waals surface area contributed by atoms with Crippen molar-refractivity contribution >= 4 is 0 Å². The van der Waals surface area contributed by atoms with Crippen LogP contribution in [-0.2, 0) is 4.74 Å². The number of halogens is 7. The molecule has 2 unspecified atom stereocenters. The van der Waals surface area contributed by atoms with Crippen molar-refractivity contribution in [3.63, 3.8) is 0 Å². The van der Waals surface area contributed by atoms with Crippen molar-refractivity contribution < 1.29 is 35.5 Å². The van der Waals surface area contributed by atoms with E-state index in [4.69, 9.17) is 5.73 Å². The molecule has 9 heteroatoms. The molecule has 1 aromatic rings. The molecule has 0 heterocycles. The summed E-state index contributed by atoms with van der Waals surface area (Å²) in [5.74, 6) is -0.997. The summed E-state index contributed by atoms with van der Waals surface area (Å²) in [7, 11) is 0. The van der Waals surface area contributed by atoms with Crippen LogP contribution in [0.4, 0.5) is 30.7 Å². The molecule has 0 saturated carbocycles. The van der Waals surface area contributed by atoms with E-state index in [0.717, 1.165) is 19.1 Å². The molecule has 1 aromatic carbocycles. The van der Waals surface area contributed by atoms with Gasteiger partial charge in [0.25, 0.3) is 0 Å². The van der Waals surface area contributed by atoms with E-state index in [1.165, 1.54) is 12.1 Å². The Morgan fingerprint density at radius 3 is 1.86 bits per heavy atom. The van der Waals surface area contributed by atoms with Gasteiger partial charge in [0.05, 0.1) is 0 Å². The highest BCUT2D eigenvalue weighted by molar-refractivity contribution is 5.21. The van der Waals surface area contributed by atoms with Gasteiger partial charge < -0.3 is 10.5 Å². The Morgan fingerprint density at radius 2 is 1.48 bits per heavy atom. The molecule has 0 fully saturated rings. The van der Waals surface area contributed by atoms with Crippen LogP contribution in [0.1, 0.15) is 18.6 Å². The van der Waals surface area contributed by atoms with Crippen LogP contribution in [0, 0.1) is 5.82 Å². The average Bonchev–Trinajstić information content (AvgIpc) is 2.27. The Balaban J connectivity index is 3.16. The van der Waals surface area contributed by atoms with Gasteiger partial charge in [-0.3, -0.25) is 0 Å². The van der Waals surface area contributed by atoms with Crippen LogP contribution in [-0.4, -0.2) is 24.5 Å². The first-order chi connectivity index (χ1) is 9.44. The lowest BCUT2D eigenvalue weighted by Crippen LogP contribution is -2.47. The Bertz CT molecular complexity index is 455. The van der Waals surface area contributed by atoms with Crippen molar-refractivity contribution in [3.05, 3.63) is 35.6 Å². The number of nitrogens with two attached hydrogens (primary N) is 1. The van der Waals surface area contributed by atoms with Gasteiger partial charge in [-0.05, 0) is 13.0 Å². The van der Waals surface area contributed by atoms with Crippen LogP contribution in [0.5, 0.6) is 0 Å². The van der Waals surface area contributed by atoms with Crippen molar-refractivity contribution in [1.82, 2.24) is 0 Å². The van der Waals surface area contributed by atoms with Gasteiger partial charge in [-0.2, -0.15) is 26.3 Å². The van der Waals surface area contributed by atoms with Crippen molar-refractivity contribution in [2.24, 2.45) is 5.73 Å². The van der Waals surface area contributed by atoms with Gasteiger partial charge in [0.1, 0.15) is 11.9 Å². The van der Waals surface area contributed by atoms with Gasteiger partial charge in [0, 0.05) is 11.6 Å². The number of alkyl halides is 6. The largest absolute Gasteiger partial charge is 0.423 e. The Morgan fingerprint density at radius 1 is 1.00 bits per heavy atom. The number of rotatable bonds is 4. The first-order valence-corrected chi connectivity index (χ1v) is 5.73. The normalized spacial score (nSPS) is 16.1. The van der Waals surface area contributed by atoms with Crippen LogP contribution < -0.4 is 5.73 Å². The topological polar surface area (TPSA) is 35.2 Å². The fourth-order valence-corrected chi connectivity index (χ4v) is 1.67. The van der Waals surface area contributed by atoms with Crippen LogP contribution in [0.2, 0.25) is 0 Å². The minimum absolute atomic E-state index is 0.467. The molecule has 0 amide bonds. The number of ether oxygens (including phenoxy) is 1. The summed E-state index contributed by atoms with van der Waals surface area (Å²) in [6.07, 6.45) is -17.3. The maximum Gasteiger partial charge on any atom is 0.423 e. The average molecular weight is 319 g/mol. The van der Waals surface area contributed by atoms with E-state index >= 15 is 0 Å². The molecule has 120 valence electrons. The van der Waals surface area contributed by atoms with Crippen LogP contribution in [0.15, 0.2) is 24.3 Å². The van der Waals surface area contributed by atoms with E-state index in [0.29, 0.717) is 0 Å². The predicted molar refractivity (Wildman–Crippen MR) is 59.8 cm³/mol. The molecule has 0 bridgehead atoms. The molecule has 1 rings (SSSR count). The van der Waals surface area contributed by atoms with Gasteiger partial charge in [0.2, 0.25) is 6.10 Å². The molecular formula is C12H12F7NO. The zero-order valence-electron chi connectivity index (χ0n) is 10.7. The summed E-state index contributed by atoms with van der Waals surface area (Å²) in [5.41, 5.74) is 4.88. The minimum Gasteiger partial charge on any atom is -0.351 e. The molecule has 2 nitrogen and oxygen atoms in total. The van der Waals surface area contributed by atoms with Gasteiger partial charge in [-0.1, -0.05) is 18.2 Å². The second kappa shape index (κ2) is 6.18. The van der Waals surface area contributed by atoms with Gasteiger partial charge >= 0.3 is 12.4 Å². The Hall–Kier alpha value is -1.35. The second-order valence-corrected chi connectivity index (χ2v) is 4.40. The first-order valence-electron chi connectivity index (χ1n) is 5.73. The summed E-state index contributed by atoms with van der Waals surface area (Å²) >= 11 is 0. The highest BCUT2D eigenvalue weighted by Gasteiger charge is 2.59. The minimum atomic E-state index is -5.68. The van der Waals surface area contributed by atoms with E-state index in [1.807, 2.05) is 0 Å². The lowest BCUT2D eigenvalue weighted by atomic mass is 10.0. The highest BCUT2D eigenvalue weighted by Crippen LogP contribution is 2.39. The summed E-state index contributed by atoms with van der Waals surface area (Å²) in [5, 5.41) is 0. The fourth-order valence-electron chi connectivity index (χ4n) is 1.67. The molecule has 0 radical (unpaired) electrons. The van der Waals surface area contributed by atoms with Crippen LogP contribution >= 0.6 is 0 Å². The lowest BCUT2D eigenvalue weighted by molar-refractivity contribution is -0.333. The van der Waals surface area contributed by atoms with E-state index < -0.39 is 42.0 Å². The monoisotopic (exact) mass is 319 g/mol. The molecule has 0 aliphatic carbocycles. The van der Waals surface area contributed by atoms with Crippen LogP contribution in [0.25, 0.3) is 0 Å². The maximum absolute atomic E-state index is 13.5. The van der Waals surface area contributed by atoms with Crippen molar-refractivity contribution in [1.29, 1.82) is 0 Å². The number of hydrogen-bond acceptors (Lipinski definition) is 2. The van der Waals surface area contributed by atoms with E-state index in [-0.39, 0.29) is 0 Å². The first kappa shape index (κ1) is 17.7. The summed E-state index contributed by atoms with van der Waals surface area (Å²) < 4.78 is 92.5. The lowest BCUT2D eigenvalue weighted by Gasteiger charge is -2.30. The Labute approximate surface area is 115 Å². The summed E-state index contributed by atoms with van der Waals surface area (Å²) in [6, 6.07) is 3.13. The third-order valence-electron chi connectivity index (χ3n) is 2.57. The van der Waals surface area contributed by atoms with Gasteiger partial charge in [-0.25, -0.2) is 4.39 Å². The van der Waals surface area contributed by atoms with Crippen molar-refractivity contribution in [2.75, 3.05) is 0 Å². The van der Waals surface area contributed by atoms with Crippen molar-refractivity contribution in [2.45, 2.75) is 37.5 Å². The standard InChI is InChI=1S/C12H12F7NO/c1-6(20)9(7-4-2-3-5-8(7)13)21-10(11(14,15)16)12(17,18)19/h2-6,9-10H,20H2,1H3. The number of benzene rings is 1. The van der Waals surface area contributed by atoms with E-state index in [9.17, 15) is 30.7 Å². The molecule has 2 atom stereocenters. The van der Waals surface area contributed by atoms with E-state index in [1.54, 1.807) is 0 Å². The Kier molecular flexibility index (Phi) is 5.21. The molecule has 21 heavy (non-hydrogen) atoms. The van der Waals surface area contributed by atoms with E-state index in [2.05, 4.69) is 4.74 Å². The van der Waals surface area contributed by atoms with Gasteiger partial charge in [0.15, 0.2) is 0 Å². The summed E-state index contributed by atoms with van der Waals surface area (Å²) in [6.45, 7) is 1.13. The molecule has 0 saturated heterocycles. The fraction of sp³-hybridized carbons (Fsp3) is 0.500. The summed E-state index contributed by atoms with van der Waals surface area (Å²) in [4.78, 5) is 0. The molecule has 0 spiro atoms. The van der Waals surface area contributed by atoms with Gasteiger partial charge in [-0.15, -0.1) is 0 Å². The zero-order valence-corrected chi connectivity index (χ0v) is 10.7. The third-order valence-corrected chi connectivity index (χ3v) is 2.57. The molecule has 2 N–H and O–H groups in total. The second-order valence-electron chi connectivity index (χ2n) is 4.40. The molecule has 0 aliphatic heterocycles. The predicted octanol–water partition coefficient (Wildman–Crippen LogP) is 3.72. The zero-order chi connectivity index (χ0) is 16.4. The number of hydrogen-bond donors (Lipinski definition) is 1. The maximum atomic E-state index is 13.5. The third kappa shape index (κ3) is 4.57.